The molecule has 1 aliphatic carbocycles. The molecular formula is C16H21N3. The molecule has 1 aliphatic rings. The number of aryl methyl sites for hydroxylation is 1. The first-order valence-electron chi connectivity index (χ1n) is 6.85. The van der Waals surface area contributed by atoms with Gasteiger partial charge in [-0.25, -0.2) is 0 Å². The molecule has 0 bridgehead atoms. The molecule has 19 heavy (non-hydrogen) atoms. The number of aromatic nitrogens is 2. The van der Waals surface area contributed by atoms with E-state index < -0.39 is 0 Å². The van der Waals surface area contributed by atoms with Gasteiger partial charge in [-0.1, -0.05) is 13.8 Å². The first kappa shape index (κ1) is 12.4. The Morgan fingerprint density at radius 3 is 2.89 bits per heavy atom. The summed E-state index contributed by atoms with van der Waals surface area (Å²) in [5.74, 6) is 0. The Kier molecular flexibility index (Phi) is 2.75. The summed E-state index contributed by atoms with van der Waals surface area (Å²) in [5.41, 5.74) is 11.5. The highest BCUT2D eigenvalue weighted by atomic mass is 15.0. The number of rotatable bonds is 1. The van der Waals surface area contributed by atoms with Crippen molar-refractivity contribution in [2.75, 3.05) is 0 Å². The van der Waals surface area contributed by atoms with Gasteiger partial charge in [-0.05, 0) is 48.9 Å². The number of nitrogens with zero attached hydrogens (tertiary/aromatic N) is 2. The Bertz CT molecular complexity index is 610. The summed E-state index contributed by atoms with van der Waals surface area (Å²) in [6, 6.07) is 6.50. The Labute approximate surface area is 114 Å². The molecule has 0 spiro atoms. The van der Waals surface area contributed by atoms with Crippen molar-refractivity contribution in [3.63, 3.8) is 0 Å². The largest absolute Gasteiger partial charge is 0.324 e. The van der Waals surface area contributed by atoms with Crippen molar-refractivity contribution >= 4 is 0 Å². The molecular weight excluding hydrogens is 234 g/mol. The van der Waals surface area contributed by atoms with Crippen LogP contribution < -0.4 is 5.73 Å². The van der Waals surface area contributed by atoms with Crippen LogP contribution in [0.3, 0.4) is 0 Å². The quantitative estimate of drug-likeness (QED) is 0.850. The van der Waals surface area contributed by atoms with Gasteiger partial charge in [0.2, 0.25) is 0 Å². The van der Waals surface area contributed by atoms with Crippen LogP contribution in [0.2, 0.25) is 0 Å². The van der Waals surface area contributed by atoms with Gasteiger partial charge in [-0.15, -0.1) is 0 Å². The fraction of sp³-hybridized carbons (Fsp3) is 0.438. The minimum Gasteiger partial charge on any atom is -0.324 e. The second-order valence-electron chi connectivity index (χ2n) is 6.39. The molecule has 100 valence electrons. The zero-order chi connectivity index (χ0) is 13.6. The van der Waals surface area contributed by atoms with Gasteiger partial charge in [0, 0.05) is 35.5 Å². The van der Waals surface area contributed by atoms with Crippen molar-refractivity contribution in [1.82, 2.24) is 9.55 Å². The van der Waals surface area contributed by atoms with Crippen LogP contribution in [0.15, 0.2) is 30.6 Å². The van der Waals surface area contributed by atoms with E-state index in [9.17, 15) is 0 Å². The van der Waals surface area contributed by atoms with E-state index in [0.29, 0.717) is 0 Å². The summed E-state index contributed by atoms with van der Waals surface area (Å²) in [7, 11) is 0. The number of hydrogen-bond acceptors (Lipinski definition) is 2. The summed E-state index contributed by atoms with van der Waals surface area (Å²) >= 11 is 0. The van der Waals surface area contributed by atoms with Gasteiger partial charge in [-0.2, -0.15) is 0 Å². The number of pyridine rings is 1. The summed E-state index contributed by atoms with van der Waals surface area (Å²) in [5, 5.41) is 0. The van der Waals surface area contributed by atoms with Crippen LogP contribution in [0.4, 0.5) is 0 Å². The Hall–Kier alpha value is -1.61. The van der Waals surface area contributed by atoms with Crippen LogP contribution >= 0.6 is 0 Å². The van der Waals surface area contributed by atoms with Gasteiger partial charge in [0.05, 0.1) is 0 Å². The van der Waals surface area contributed by atoms with Crippen LogP contribution in [0.5, 0.6) is 0 Å². The maximum Gasteiger partial charge on any atom is 0.0485 e. The van der Waals surface area contributed by atoms with Crippen molar-refractivity contribution in [2.24, 2.45) is 11.1 Å². The molecule has 2 aromatic heterocycles. The van der Waals surface area contributed by atoms with Crippen LogP contribution in [0.25, 0.3) is 5.69 Å². The molecule has 1 unspecified atom stereocenters. The van der Waals surface area contributed by atoms with E-state index in [1.807, 2.05) is 13.1 Å². The third-order valence-electron chi connectivity index (χ3n) is 4.00. The molecule has 2 heterocycles. The van der Waals surface area contributed by atoms with Crippen LogP contribution in [-0.4, -0.2) is 9.55 Å². The monoisotopic (exact) mass is 255 g/mol. The molecule has 0 amide bonds. The molecule has 2 N–H and O–H groups in total. The standard InChI is InChI=1S/C16H21N3/c1-11-8-12(4-6-18-11)19-7-5-13-14(17)9-16(2,3)10-15(13)19/h4-8,14H,9-10,17H2,1-3H3. The van der Waals surface area contributed by atoms with Crippen molar-refractivity contribution < 1.29 is 0 Å². The van der Waals surface area contributed by atoms with Gasteiger partial charge < -0.3 is 10.3 Å². The number of hydrogen-bond donors (Lipinski definition) is 1. The normalized spacial score (nSPS) is 21.2. The SMILES string of the molecule is Cc1cc(-n2ccc3c2CC(C)(C)CC3N)ccn1. The van der Waals surface area contributed by atoms with E-state index >= 15 is 0 Å². The maximum atomic E-state index is 6.32. The third-order valence-corrected chi connectivity index (χ3v) is 4.00. The molecule has 3 heteroatoms. The smallest absolute Gasteiger partial charge is 0.0485 e. The Morgan fingerprint density at radius 1 is 1.37 bits per heavy atom. The van der Waals surface area contributed by atoms with Gasteiger partial charge in [-0.3, -0.25) is 4.98 Å². The highest BCUT2D eigenvalue weighted by Gasteiger charge is 2.32. The molecule has 0 aliphatic heterocycles. The zero-order valence-electron chi connectivity index (χ0n) is 11.9. The summed E-state index contributed by atoms with van der Waals surface area (Å²) in [6.45, 7) is 6.62. The van der Waals surface area contributed by atoms with Crippen molar-refractivity contribution in [3.8, 4) is 5.69 Å². The van der Waals surface area contributed by atoms with Gasteiger partial charge >= 0.3 is 0 Å². The lowest BCUT2D eigenvalue weighted by molar-refractivity contribution is 0.278. The zero-order valence-corrected chi connectivity index (χ0v) is 11.9. The fourth-order valence-corrected chi connectivity index (χ4v) is 3.16. The van der Waals surface area contributed by atoms with E-state index in [1.165, 1.54) is 16.9 Å². The highest BCUT2D eigenvalue weighted by Crippen LogP contribution is 2.40. The molecule has 3 nitrogen and oxygen atoms in total. The Balaban J connectivity index is 2.11. The lowest BCUT2D eigenvalue weighted by Crippen LogP contribution is -2.30. The van der Waals surface area contributed by atoms with Gasteiger partial charge in [0.25, 0.3) is 0 Å². The predicted molar refractivity (Wildman–Crippen MR) is 77.3 cm³/mol. The molecule has 3 rings (SSSR count). The van der Waals surface area contributed by atoms with E-state index in [1.54, 1.807) is 0 Å². The van der Waals surface area contributed by atoms with E-state index in [4.69, 9.17) is 5.73 Å². The maximum absolute atomic E-state index is 6.32. The minimum absolute atomic E-state index is 0.155. The number of nitrogens with two attached hydrogens (primary N) is 1. The summed E-state index contributed by atoms with van der Waals surface area (Å²) in [4.78, 5) is 4.27. The molecule has 0 saturated heterocycles. The molecule has 0 saturated carbocycles. The summed E-state index contributed by atoms with van der Waals surface area (Å²) < 4.78 is 2.27. The molecule has 1 atom stereocenters. The summed E-state index contributed by atoms with van der Waals surface area (Å²) in [6.07, 6.45) is 6.13. The third kappa shape index (κ3) is 2.19. The predicted octanol–water partition coefficient (Wildman–Crippen LogP) is 3.15. The lowest BCUT2D eigenvalue weighted by atomic mass is 9.74. The van der Waals surface area contributed by atoms with E-state index in [-0.39, 0.29) is 11.5 Å². The van der Waals surface area contributed by atoms with Crippen molar-refractivity contribution in [2.45, 2.75) is 39.7 Å². The van der Waals surface area contributed by atoms with E-state index in [2.05, 4.69) is 47.8 Å². The van der Waals surface area contributed by atoms with E-state index in [0.717, 1.165) is 18.5 Å². The van der Waals surface area contributed by atoms with Crippen LogP contribution in [-0.2, 0) is 6.42 Å². The fourth-order valence-electron chi connectivity index (χ4n) is 3.16. The van der Waals surface area contributed by atoms with Crippen molar-refractivity contribution in [3.05, 3.63) is 47.5 Å². The second kappa shape index (κ2) is 4.20. The molecule has 0 radical (unpaired) electrons. The topological polar surface area (TPSA) is 43.8 Å². The molecule has 0 aromatic carbocycles. The Morgan fingerprint density at radius 2 is 2.16 bits per heavy atom. The van der Waals surface area contributed by atoms with Crippen molar-refractivity contribution in [1.29, 1.82) is 0 Å². The average molecular weight is 255 g/mol. The first-order valence-corrected chi connectivity index (χ1v) is 6.85. The minimum atomic E-state index is 0.155. The first-order chi connectivity index (χ1) is 8.96. The lowest BCUT2D eigenvalue weighted by Gasteiger charge is -2.34. The molecule has 2 aromatic rings. The average Bonchev–Trinajstić information content (AvgIpc) is 2.71. The van der Waals surface area contributed by atoms with Crippen LogP contribution in [0.1, 0.15) is 43.3 Å². The second-order valence-corrected chi connectivity index (χ2v) is 6.39. The molecule has 0 fully saturated rings. The van der Waals surface area contributed by atoms with Gasteiger partial charge in [0.1, 0.15) is 0 Å². The number of fused-ring (bicyclic) bond motifs is 1. The van der Waals surface area contributed by atoms with Gasteiger partial charge in [0.15, 0.2) is 0 Å². The highest BCUT2D eigenvalue weighted by molar-refractivity contribution is 5.41. The van der Waals surface area contributed by atoms with Crippen LogP contribution in [0, 0.1) is 12.3 Å².